The topological polar surface area (TPSA) is 40.5 Å². The standard InChI is InChI=1S/C11H16O2/c12-4-10-6-1-2-7(11(10)5-13)9-3-8(6)9/h1-2,6-13H,3-5H2/t6-,7+,8-,9-,10+,11-/m0/s1. The summed E-state index contributed by atoms with van der Waals surface area (Å²) in [4.78, 5) is 0. The molecule has 2 heteroatoms. The zero-order valence-corrected chi connectivity index (χ0v) is 7.63. The summed E-state index contributed by atoms with van der Waals surface area (Å²) in [6, 6.07) is 0. The molecule has 6 atom stereocenters. The van der Waals surface area contributed by atoms with Gasteiger partial charge >= 0.3 is 0 Å². The molecule has 0 heterocycles. The smallest absolute Gasteiger partial charge is 0.0468 e. The molecule has 4 aliphatic carbocycles. The van der Waals surface area contributed by atoms with Crippen molar-refractivity contribution in [1.29, 1.82) is 0 Å². The molecule has 0 aromatic rings. The molecule has 0 aromatic heterocycles. The number of aliphatic hydroxyl groups excluding tert-OH is 2. The Morgan fingerprint density at radius 2 is 1.38 bits per heavy atom. The third kappa shape index (κ3) is 0.906. The number of allylic oxidation sites excluding steroid dienone is 2. The van der Waals surface area contributed by atoms with E-state index in [9.17, 15) is 10.2 Å². The van der Waals surface area contributed by atoms with Crippen LogP contribution in [0.25, 0.3) is 0 Å². The van der Waals surface area contributed by atoms with Gasteiger partial charge in [0.15, 0.2) is 0 Å². The Hall–Kier alpha value is -0.340. The van der Waals surface area contributed by atoms with E-state index < -0.39 is 0 Å². The summed E-state index contributed by atoms with van der Waals surface area (Å²) in [5.41, 5.74) is 0. The van der Waals surface area contributed by atoms with Crippen molar-refractivity contribution in [3.8, 4) is 0 Å². The summed E-state index contributed by atoms with van der Waals surface area (Å²) in [5, 5.41) is 18.6. The van der Waals surface area contributed by atoms with E-state index >= 15 is 0 Å². The quantitative estimate of drug-likeness (QED) is 0.613. The molecule has 0 radical (unpaired) electrons. The molecule has 2 fully saturated rings. The Morgan fingerprint density at radius 1 is 0.923 bits per heavy atom. The van der Waals surface area contributed by atoms with Crippen LogP contribution in [0.1, 0.15) is 6.42 Å². The van der Waals surface area contributed by atoms with Crippen LogP contribution in [0.5, 0.6) is 0 Å². The number of fused-ring (bicyclic) bond motifs is 1. The summed E-state index contributed by atoms with van der Waals surface area (Å²) in [6.45, 7) is 0.500. The predicted molar refractivity (Wildman–Crippen MR) is 48.9 cm³/mol. The Labute approximate surface area is 78.3 Å². The lowest BCUT2D eigenvalue weighted by Gasteiger charge is -2.43. The number of hydrogen-bond acceptors (Lipinski definition) is 2. The minimum atomic E-state index is 0.250. The van der Waals surface area contributed by atoms with Gasteiger partial charge in [0.05, 0.1) is 0 Å². The Kier molecular flexibility index (Phi) is 1.59. The average molecular weight is 180 g/mol. The monoisotopic (exact) mass is 180 g/mol. The molecule has 0 aliphatic heterocycles. The van der Waals surface area contributed by atoms with Gasteiger partial charge in [0.1, 0.15) is 0 Å². The van der Waals surface area contributed by atoms with Crippen molar-refractivity contribution in [3.63, 3.8) is 0 Å². The maximum Gasteiger partial charge on any atom is 0.0468 e. The van der Waals surface area contributed by atoms with Crippen LogP contribution in [0, 0.1) is 35.5 Å². The lowest BCUT2D eigenvalue weighted by molar-refractivity contribution is 0.0207. The minimum Gasteiger partial charge on any atom is -0.396 e. The Balaban J connectivity index is 1.93. The van der Waals surface area contributed by atoms with Gasteiger partial charge in [0.2, 0.25) is 0 Å². The molecule has 4 rings (SSSR count). The molecule has 2 N–H and O–H groups in total. The molecular weight excluding hydrogens is 164 g/mol. The van der Waals surface area contributed by atoms with Crippen LogP contribution in [-0.2, 0) is 0 Å². The fraction of sp³-hybridized carbons (Fsp3) is 0.818. The van der Waals surface area contributed by atoms with Crippen LogP contribution in [0.4, 0.5) is 0 Å². The van der Waals surface area contributed by atoms with Gasteiger partial charge in [0.25, 0.3) is 0 Å². The van der Waals surface area contributed by atoms with E-state index in [1.165, 1.54) is 6.42 Å². The van der Waals surface area contributed by atoms with Crippen molar-refractivity contribution in [2.75, 3.05) is 13.2 Å². The fourth-order valence-electron chi connectivity index (χ4n) is 3.67. The van der Waals surface area contributed by atoms with Gasteiger partial charge in [-0.3, -0.25) is 0 Å². The summed E-state index contributed by atoms with van der Waals surface area (Å²) < 4.78 is 0. The highest BCUT2D eigenvalue weighted by molar-refractivity contribution is 5.20. The van der Waals surface area contributed by atoms with Gasteiger partial charge in [-0.05, 0) is 41.9 Å². The second-order valence-electron chi connectivity index (χ2n) is 4.80. The summed E-state index contributed by atoms with van der Waals surface area (Å²) in [7, 11) is 0. The van der Waals surface area contributed by atoms with Gasteiger partial charge in [-0.15, -0.1) is 0 Å². The second kappa shape index (κ2) is 2.58. The van der Waals surface area contributed by atoms with E-state index in [2.05, 4.69) is 12.2 Å². The lowest BCUT2D eigenvalue weighted by Crippen LogP contribution is -2.42. The van der Waals surface area contributed by atoms with Gasteiger partial charge in [0, 0.05) is 13.2 Å². The molecule has 13 heavy (non-hydrogen) atoms. The lowest BCUT2D eigenvalue weighted by atomic mass is 9.63. The van der Waals surface area contributed by atoms with Crippen LogP contribution in [-0.4, -0.2) is 23.4 Å². The van der Waals surface area contributed by atoms with E-state index in [4.69, 9.17) is 0 Å². The number of rotatable bonds is 2. The highest BCUT2D eigenvalue weighted by atomic mass is 16.3. The van der Waals surface area contributed by atoms with E-state index in [1.807, 2.05) is 0 Å². The first-order valence-electron chi connectivity index (χ1n) is 5.27. The SMILES string of the molecule is OC[C@@H]1[C@H]2C=C[C@@H]([C@@H]1CO)[C@@H]1C[C@@H]21. The zero-order valence-electron chi connectivity index (χ0n) is 7.63. The van der Waals surface area contributed by atoms with Crippen molar-refractivity contribution in [2.45, 2.75) is 6.42 Å². The summed E-state index contributed by atoms with van der Waals surface area (Å²) in [5.74, 6) is 3.49. The third-order valence-electron chi connectivity index (χ3n) is 4.40. The van der Waals surface area contributed by atoms with Crippen LogP contribution in [0.15, 0.2) is 12.2 Å². The molecular formula is C11H16O2. The Bertz CT molecular complexity index is 224. The molecule has 2 saturated carbocycles. The van der Waals surface area contributed by atoms with Crippen molar-refractivity contribution in [1.82, 2.24) is 0 Å². The highest BCUT2D eigenvalue weighted by Crippen LogP contribution is 2.63. The molecule has 0 spiro atoms. The second-order valence-corrected chi connectivity index (χ2v) is 4.80. The molecule has 72 valence electrons. The van der Waals surface area contributed by atoms with Gasteiger partial charge in [-0.2, -0.15) is 0 Å². The van der Waals surface area contributed by atoms with Crippen LogP contribution < -0.4 is 0 Å². The van der Waals surface area contributed by atoms with Crippen LogP contribution in [0.2, 0.25) is 0 Å². The molecule has 2 bridgehead atoms. The third-order valence-corrected chi connectivity index (χ3v) is 4.40. The van der Waals surface area contributed by atoms with Crippen molar-refractivity contribution in [3.05, 3.63) is 12.2 Å². The number of hydrogen-bond donors (Lipinski definition) is 2. The first kappa shape index (κ1) is 8.01. The molecule has 0 amide bonds. The van der Waals surface area contributed by atoms with Gasteiger partial charge in [-0.1, -0.05) is 12.2 Å². The van der Waals surface area contributed by atoms with Crippen molar-refractivity contribution in [2.24, 2.45) is 35.5 Å². The minimum absolute atomic E-state index is 0.250. The highest BCUT2D eigenvalue weighted by Gasteiger charge is 2.58. The van der Waals surface area contributed by atoms with Gasteiger partial charge in [-0.25, -0.2) is 0 Å². The van der Waals surface area contributed by atoms with E-state index in [0.29, 0.717) is 23.7 Å². The zero-order chi connectivity index (χ0) is 9.00. The first-order chi connectivity index (χ1) is 6.36. The van der Waals surface area contributed by atoms with E-state index in [0.717, 1.165) is 11.8 Å². The Morgan fingerprint density at radius 3 is 1.77 bits per heavy atom. The van der Waals surface area contributed by atoms with Gasteiger partial charge < -0.3 is 10.2 Å². The normalized spacial score (nSPS) is 56.5. The summed E-state index contributed by atoms with van der Waals surface area (Å²) >= 11 is 0. The first-order valence-corrected chi connectivity index (χ1v) is 5.27. The van der Waals surface area contributed by atoms with Crippen molar-refractivity contribution >= 4 is 0 Å². The maximum atomic E-state index is 9.31. The molecule has 0 aromatic carbocycles. The fourth-order valence-corrected chi connectivity index (χ4v) is 3.67. The molecule has 4 aliphatic rings. The molecule has 2 nitrogen and oxygen atoms in total. The maximum absolute atomic E-state index is 9.31. The van der Waals surface area contributed by atoms with Crippen molar-refractivity contribution < 1.29 is 10.2 Å². The van der Waals surface area contributed by atoms with E-state index in [-0.39, 0.29) is 13.2 Å². The molecule has 0 unspecified atom stereocenters. The average Bonchev–Trinajstić information content (AvgIpc) is 2.97. The van der Waals surface area contributed by atoms with Crippen LogP contribution >= 0.6 is 0 Å². The summed E-state index contributed by atoms with van der Waals surface area (Å²) in [6.07, 6.45) is 5.90. The largest absolute Gasteiger partial charge is 0.396 e. The van der Waals surface area contributed by atoms with Crippen LogP contribution in [0.3, 0.4) is 0 Å². The number of aliphatic hydroxyl groups is 2. The van der Waals surface area contributed by atoms with E-state index in [1.54, 1.807) is 0 Å². The predicted octanol–water partition coefficient (Wildman–Crippen LogP) is 0.655. The molecule has 0 saturated heterocycles.